The molecule has 25 heavy (non-hydrogen) atoms. The van der Waals surface area contributed by atoms with E-state index in [0.29, 0.717) is 18.0 Å². The van der Waals surface area contributed by atoms with E-state index in [4.69, 9.17) is 4.74 Å². The molecular formula is C20H27FN2O2. The second-order valence-electron chi connectivity index (χ2n) is 8.08. The number of aryl methyl sites for hydroxylation is 1. The van der Waals surface area contributed by atoms with Crippen LogP contribution in [0.2, 0.25) is 0 Å². The van der Waals surface area contributed by atoms with Crippen LogP contribution in [0.25, 0.3) is 10.9 Å². The summed E-state index contributed by atoms with van der Waals surface area (Å²) in [7, 11) is 0. The van der Waals surface area contributed by atoms with E-state index < -0.39 is 5.60 Å². The number of amides is 1. The lowest BCUT2D eigenvalue weighted by Gasteiger charge is -2.38. The van der Waals surface area contributed by atoms with Crippen molar-refractivity contribution in [1.82, 2.24) is 9.88 Å². The fraction of sp³-hybridized carbons (Fsp3) is 0.550. The van der Waals surface area contributed by atoms with Gasteiger partial charge in [-0.2, -0.15) is 0 Å². The highest BCUT2D eigenvalue weighted by atomic mass is 19.1. The molecule has 2 heterocycles. The summed E-state index contributed by atoms with van der Waals surface area (Å²) in [6, 6.07) is 3.50. The van der Waals surface area contributed by atoms with Gasteiger partial charge in [0.2, 0.25) is 0 Å². The first kappa shape index (κ1) is 17.8. The third kappa shape index (κ3) is 3.51. The molecule has 1 aliphatic rings. The lowest BCUT2D eigenvalue weighted by molar-refractivity contribution is 0.0104. The predicted octanol–water partition coefficient (Wildman–Crippen LogP) is 5.12. The molecule has 0 aliphatic carbocycles. The molecule has 0 bridgehead atoms. The Morgan fingerprint density at radius 2 is 2.08 bits per heavy atom. The lowest BCUT2D eigenvalue weighted by Crippen LogP contribution is -2.46. The largest absolute Gasteiger partial charge is 0.444 e. The Balaban J connectivity index is 1.78. The van der Waals surface area contributed by atoms with Crippen LogP contribution < -0.4 is 0 Å². The summed E-state index contributed by atoms with van der Waals surface area (Å²) >= 11 is 0. The van der Waals surface area contributed by atoms with Crippen molar-refractivity contribution in [3.63, 3.8) is 0 Å². The van der Waals surface area contributed by atoms with Gasteiger partial charge in [0, 0.05) is 29.7 Å². The zero-order valence-corrected chi connectivity index (χ0v) is 15.6. The van der Waals surface area contributed by atoms with Crippen LogP contribution in [0.4, 0.5) is 9.18 Å². The Morgan fingerprint density at radius 1 is 1.36 bits per heavy atom. The Bertz CT molecular complexity index is 791. The molecular weight excluding hydrogens is 319 g/mol. The first-order valence-electron chi connectivity index (χ1n) is 8.93. The van der Waals surface area contributed by atoms with Crippen LogP contribution in [0.5, 0.6) is 0 Å². The first-order chi connectivity index (χ1) is 11.7. The summed E-state index contributed by atoms with van der Waals surface area (Å²) in [5.41, 5.74) is 2.26. The third-order valence-electron chi connectivity index (χ3n) is 5.03. The number of ether oxygens (including phenoxy) is 1. The topological polar surface area (TPSA) is 45.3 Å². The highest BCUT2D eigenvalue weighted by molar-refractivity contribution is 5.86. The number of rotatable bonds is 1. The number of carbonyl (C=O) groups is 1. The molecule has 5 heteroatoms. The average molecular weight is 346 g/mol. The number of nitrogens with zero attached hydrogens (tertiary/aromatic N) is 1. The maximum absolute atomic E-state index is 13.8. The third-order valence-corrected chi connectivity index (χ3v) is 5.03. The molecule has 0 saturated carbocycles. The molecule has 2 atom stereocenters. The van der Waals surface area contributed by atoms with E-state index in [-0.39, 0.29) is 18.0 Å². The van der Waals surface area contributed by atoms with Gasteiger partial charge in [0.15, 0.2) is 0 Å². The van der Waals surface area contributed by atoms with Gasteiger partial charge in [-0.1, -0.05) is 0 Å². The molecule has 1 amide bonds. The van der Waals surface area contributed by atoms with Crippen molar-refractivity contribution in [2.45, 2.75) is 65.0 Å². The molecule has 4 nitrogen and oxygen atoms in total. The average Bonchev–Trinajstić information content (AvgIpc) is 2.93. The van der Waals surface area contributed by atoms with Crippen LogP contribution in [0.15, 0.2) is 18.3 Å². The van der Waals surface area contributed by atoms with Crippen molar-refractivity contribution >= 4 is 17.0 Å². The number of carbonyl (C=O) groups excluding carboxylic acids is 1. The number of likely N-dealkylation sites (tertiary alicyclic amines) is 1. The van der Waals surface area contributed by atoms with E-state index in [1.165, 1.54) is 11.6 Å². The number of halogens is 1. The zero-order valence-electron chi connectivity index (χ0n) is 15.6. The molecule has 0 spiro atoms. The molecule has 1 aromatic carbocycles. The molecule has 136 valence electrons. The molecule has 1 fully saturated rings. The summed E-state index contributed by atoms with van der Waals surface area (Å²) in [5, 5.41) is 1.09. The highest BCUT2D eigenvalue weighted by Gasteiger charge is 2.33. The Labute approximate surface area is 148 Å². The zero-order chi connectivity index (χ0) is 18.4. The smallest absolute Gasteiger partial charge is 0.410 e. The highest BCUT2D eigenvalue weighted by Crippen LogP contribution is 2.37. The van der Waals surface area contributed by atoms with Gasteiger partial charge in [-0.3, -0.25) is 0 Å². The number of nitrogens with one attached hydrogen (secondary N) is 1. The Hall–Kier alpha value is -2.04. The summed E-state index contributed by atoms with van der Waals surface area (Å²) < 4.78 is 19.3. The van der Waals surface area contributed by atoms with Gasteiger partial charge < -0.3 is 14.6 Å². The van der Waals surface area contributed by atoms with Crippen LogP contribution >= 0.6 is 0 Å². The number of hydrogen-bond acceptors (Lipinski definition) is 2. The Kier molecular flexibility index (Phi) is 4.52. The molecule has 2 aromatic rings. The van der Waals surface area contributed by atoms with E-state index in [2.05, 4.69) is 11.9 Å². The van der Waals surface area contributed by atoms with E-state index in [9.17, 15) is 9.18 Å². The molecule has 1 aromatic heterocycles. The van der Waals surface area contributed by atoms with Crippen LogP contribution in [0.3, 0.4) is 0 Å². The van der Waals surface area contributed by atoms with E-state index >= 15 is 0 Å². The lowest BCUT2D eigenvalue weighted by atomic mass is 9.85. The monoisotopic (exact) mass is 346 g/mol. The SMILES string of the molecule is Cc1c(F)ccc2c([C@@H]3CCN(C(=O)OC(C)(C)C)[C@@H](C)C3)c[nH]c12. The molecule has 3 rings (SSSR count). The summed E-state index contributed by atoms with van der Waals surface area (Å²) in [6.07, 6.45) is 3.52. The number of aromatic nitrogens is 1. The van der Waals surface area contributed by atoms with E-state index in [0.717, 1.165) is 23.7 Å². The maximum Gasteiger partial charge on any atom is 0.410 e. The number of fused-ring (bicyclic) bond motifs is 1. The minimum atomic E-state index is -0.480. The van der Waals surface area contributed by atoms with Crippen LogP contribution in [0.1, 0.15) is 57.6 Å². The summed E-state index contributed by atoms with van der Waals surface area (Å²) in [6.45, 7) is 10.2. The predicted molar refractivity (Wildman–Crippen MR) is 97.4 cm³/mol. The second kappa shape index (κ2) is 6.36. The van der Waals surface area contributed by atoms with Gasteiger partial charge in [0.25, 0.3) is 0 Å². The number of piperidine rings is 1. The second-order valence-corrected chi connectivity index (χ2v) is 8.08. The maximum atomic E-state index is 13.8. The van der Waals surface area contributed by atoms with Crippen molar-refractivity contribution in [1.29, 1.82) is 0 Å². The first-order valence-corrected chi connectivity index (χ1v) is 8.93. The van der Waals surface area contributed by atoms with E-state index in [1.807, 2.05) is 37.9 Å². The van der Waals surface area contributed by atoms with Crippen LogP contribution in [0, 0.1) is 12.7 Å². The van der Waals surface area contributed by atoms with Crippen molar-refractivity contribution in [2.75, 3.05) is 6.54 Å². The van der Waals surface area contributed by atoms with Crippen molar-refractivity contribution in [2.24, 2.45) is 0 Å². The standard InChI is InChI=1S/C20H27FN2O2/c1-12-10-14(8-9-23(12)19(24)25-20(3,4)5)16-11-22-18-13(2)17(21)7-6-15(16)18/h6-7,11-12,14,22H,8-10H2,1-5H3/t12-,14+/m0/s1. The fourth-order valence-corrected chi connectivity index (χ4v) is 3.72. The van der Waals surface area contributed by atoms with Crippen molar-refractivity contribution in [3.8, 4) is 0 Å². The summed E-state index contributed by atoms with van der Waals surface area (Å²) in [5.74, 6) is 0.168. The van der Waals surface area contributed by atoms with Gasteiger partial charge in [0.1, 0.15) is 11.4 Å². The van der Waals surface area contributed by atoms with Gasteiger partial charge in [-0.15, -0.1) is 0 Å². The molecule has 1 saturated heterocycles. The number of aromatic amines is 1. The van der Waals surface area contributed by atoms with Gasteiger partial charge in [-0.25, -0.2) is 9.18 Å². The molecule has 1 N–H and O–H groups in total. The number of H-pyrrole nitrogens is 1. The summed E-state index contributed by atoms with van der Waals surface area (Å²) in [4.78, 5) is 17.4. The van der Waals surface area contributed by atoms with Crippen LogP contribution in [-0.2, 0) is 4.74 Å². The van der Waals surface area contributed by atoms with Gasteiger partial charge in [-0.05, 0) is 71.1 Å². The molecule has 0 radical (unpaired) electrons. The minimum absolute atomic E-state index is 0.111. The van der Waals surface area contributed by atoms with Crippen molar-refractivity contribution in [3.05, 3.63) is 35.3 Å². The van der Waals surface area contributed by atoms with Crippen LogP contribution in [-0.4, -0.2) is 34.2 Å². The molecule has 0 unspecified atom stereocenters. The quantitative estimate of drug-likeness (QED) is 0.779. The van der Waals surface area contributed by atoms with Crippen molar-refractivity contribution < 1.29 is 13.9 Å². The van der Waals surface area contributed by atoms with E-state index in [1.54, 1.807) is 6.92 Å². The Morgan fingerprint density at radius 3 is 2.72 bits per heavy atom. The normalized spacial score (nSPS) is 21.6. The van der Waals surface area contributed by atoms with Gasteiger partial charge in [0.05, 0.1) is 5.52 Å². The van der Waals surface area contributed by atoms with Gasteiger partial charge >= 0.3 is 6.09 Å². The fourth-order valence-electron chi connectivity index (χ4n) is 3.72. The molecule has 1 aliphatic heterocycles. The number of hydrogen-bond donors (Lipinski definition) is 1. The number of benzene rings is 1. The minimum Gasteiger partial charge on any atom is -0.444 e.